The van der Waals surface area contributed by atoms with Crippen LogP contribution in [-0.4, -0.2) is 39.7 Å². The van der Waals surface area contributed by atoms with Gasteiger partial charge in [-0.2, -0.15) is 0 Å². The van der Waals surface area contributed by atoms with Gasteiger partial charge in [-0.1, -0.05) is 17.7 Å². The molecule has 0 radical (unpaired) electrons. The molecule has 1 unspecified atom stereocenters. The standard InChI is InChI=1S/C22H26N2O7S/c1-13-9-14(2)21(15(3)10-13)32(27,28)23-8-7-20(25)31-16(4)22(26)24-17-5-6-18-19(11-17)30-12-29-18/h5-6,9-11,16,23H,7-8,12H2,1-4H3,(H,24,26). The molecule has 0 spiro atoms. The fourth-order valence-electron chi connectivity index (χ4n) is 3.48. The average Bonchev–Trinajstić information content (AvgIpc) is 3.14. The number of amides is 1. The molecule has 3 rings (SSSR count). The molecule has 1 atom stereocenters. The number of hydrogen-bond acceptors (Lipinski definition) is 7. The predicted octanol–water partition coefficient (Wildman–Crippen LogP) is 2.58. The van der Waals surface area contributed by atoms with Crippen molar-refractivity contribution < 1.29 is 32.2 Å². The number of nitrogens with one attached hydrogen (secondary N) is 2. The van der Waals surface area contributed by atoms with Gasteiger partial charge in [0.15, 0.2) is 17.6 Å². The Hall–Kier alpha value is -3.11. The first-order valence-electron chi connectivity index (χ1n) is 10.0. The minimum Gasteiger partial charge on any atom is -0.454 e. The molecule has 0 bridgehead atoms. The number of rotatable bonds is 8. The van der Waals surface area contributed by atoms with Gasteiger partial charge in [-0.25, -0.2) is 13.1 Å². The first-order valence-corrected chi connectivity index (χ1v) is 11.5. The molecule has 2 aromatic carbocycles. The minimum absolute atomic E-state index is 0.119. The number of hydrogen-bond donors (Lipinski definition) is 2. The van der Waals surface area contributed by atoms with Crippen molar-refractivity contribution in [2.45, 2.75) is 45.1 Å². The highest BCUT2D eigenvalue weighted by atomic mass is 32.2. The van der Waals surface area contributed by atoms with Gasteiger partial charge in [0.05, 0.1) is 11.3 Å². The maximum atomic E-state index is 12.6. The number of carbonyl (C=O) groups is 2. The van der Waals surface area contributed by atoms with Crippen molar-refractivity contribution in [3.05, 3.63) is 47.0 Å². The van der Waals surface area contributed by atoms with E-state index in [1.165, 1.54) is 6.92 Å². The molecular formula is C22H26N2O7S. The van der Waals surface area contributed by atoms with Crippen LogP contribution in [0.25, 0.3) is 0 Å². The SMILES string of the molecule is Cc1cc(C)c(S(=O)(=O)NCCC(=O)OC(C)C(=O)Nc2ccc3c(c2)OCO3)c(C)c1. The Kier molecular flexibility index (Phi) is 7.05. The van der Waals surface area contributed by atoms with E-state index >= 15 is 0 Å². The lowest BCUT2D eigenvalue weighted by Gasteiger charge is -2.15. The Bertz CT molecular complexity index is 1120. The molecule has 1 amide bonds. The van der Waals surface area contributed by atoms with Gasteiger partial charge in [-0.15, -0.1) is 0 Å². The van der Waals surface area contributed by atoms with Crippen LogP contribution < -0.4 is 19.5 Å². The molecule has 0 saturated heterocycles. The molecule has 1 aliphatic rings. The molecule has 2 aromatic rings. The Morgan fingerprint density at radius 3 is 2.41 bits per heavy atom. The first-order chi connectivity index (χ1) is 15.1. The zero-order chi connectivity index (χ0) is 23.5. The van der Waals surface area contributed by atoms with Crippen molar-refractivity contribution in [1.82, 2.24) is 4.72 Å². The van der Waals surface area contributed by atoms with Crippen LogP contribution in [0.4, 0.5) is 5.69 Å². The van der Waals surface area contributed by atoms with Gasteiger partial charge < -0.3 is 19.5 Å². The third-order valence-corrected chi connectivity index (χ3v) is 6.58. The van der Waals surface area contributed by atoms with Gasteiger partial charge in [0.25, 0.3) is 5.91 Å². The summed E-state index contributed by atoms with van der Waals surface area (Å²) in [7, 11) is -3.78. The lowest BCUT2D eigenvalue weighted by Crippen LogP contribution is -2.32. The highest BCUT2D eigenvalue weighted by Crippen LogP contribution is 2.34. The normalized spacial score (nSPS) is 13.5. The van der Waals surface area contributed by atoms with Crippen LogP contribution in [0.5, 0.6) is 11.5 Å². The zero-order valence-corrected chi connectivity index (χ0v) is 19.2. The minimum atomic E-state index is -3.78. The number of esters is 1. The summed E-state index contributed by atoms with van der Waals surface area (Å²) in [6.07, 6.45) is -1.28. The summed E-state index contributed by atoms with van der Waals surface area (Å²) in [5, 5.41) is 2.63. The van der Waals surface area contributed by atoms with Crippen molar-refractivity contribution in [2.24, 2.45) is 0 Å². The third kappa shape index (κ3) is 5.57. The molecule has 32 heavy (non-hydrogen) atoms. The molecule has 1 heterocycles. The zero-order valence-electron chi connectivity index (χ0n) is 18.4. The lowest BCUT2D eigenvalue weighted by molar-refractivity contribution is -0.152. The Morgan fingerprint density at radius 1 is 1.06 bits per heavy atom. The van der Waals surface area contributed by atoms with E-state index in [9.17, 15) is 18.0 Å². The van der Waals surface area contributed by atoms with E-state index in [-0.39, 0.29) is 24.7 Å². The lowest BCUT2D eigenvalue weighted by atomic mass is 10.1. The van der Waals surface area contributed by atoms with E-state index < -0.39 is 28.0 Å². The number of ether oxygens (including phenoxy) is 3. The van der Waals surface area contributed by atoms with Crippen LogP contribution in [-0.2, 0) is 24.3 Å². The molecule has 0 aromatic heterocycles. The summed E-state index contributed by atoms with van der Waals surface area (Å²) in [4.78, 5) is 24.6. The van der Waals surface area contributed by atoms with Crippen molar-refractivity contribution in [2.75, 3.05) is 18.7 Å². The van der Waals surface area contributed by atoms with Crippen molar-refractivity contribution in [1.29, 1.82) is 0 Å². The van der Waals surface area contributed by atoms with E-state index in [1.54, 1.807) is 44.2 Å². The fraction of sp³-hybridized carbons (Fsp3) is 0.364. The summed E-state index contributed by atoms with van der Waals surface area (Å²) in [6.45, 7) is 6.75. The average molecular weight is 463 g/mol. The van der Waals surface area contributed by atoms with Crippen LogP contribution in [0.15, 0.2) is 35.2 Å². The van der Waals surface area contributed by atoms with E-state index in [4.69, 9.17) is 14.2 Å². The number of sulfonamides is 1. The van der Waals surface area contributed by atoms with Crippen molar-refractivity contribution in [3.8, 4) is 11.5 Å². The molecule has 2 N–H and O–H groups in total. The number of fused-ring (bicyclic) bond motifs is 1. The van der Waals surface area contributed by atoms with Crippen molar-refractivity contribution >= 4 is 27.6 Å². The second kappa shape index (κ2) is 9.58. The van der Waals surface area contributed by atoms with Gasteiger partial charge in [0.1, 0.15) is 0 Å². The van der Waals surface area contributed by atoms with E-state index in [0.717, 1.165) is 5.56 Å². The maximum absolute atomic E-state index is 12.6. The highest BCUT2D eigenvalue weighted by Gasteiger charge is 2.22. The number of benzene rings is 2. The fourth-order valence-corrected chi connectivity index (χ4v) is 4.96. The molecular weight excluding hydrogens is 436 g/mol. The molecule has 0 aliphatic carbocycles. The summed E-state index contributed by atoms with van der Waals surface area (Å²) in [5.41, 5.74) is 2.70. The molecule has 10 heteroatoms. The monoisotopic (exact) mass is 462 g/mol. The third-order valence-electron chi connectivity index (χ3n) is 4.81. The molecule has 1 aliphatic heterocycles. The molecule has 172 valence electrons. The Labute approximate surface area is 187 Å². The van der Waals surface area contributed by atoms with E-state index in [2.05, 4.69) is 10.0 Å². The summed E-state index contributed by atoms with van der Waals surface area (Å²) in [6, 6.07) is 8.49. The van der Waals surface area contributed by atoms with Gasteiger partial charge in [0.2, 0.25) is 16.8 Å². The Morgan fingerprint density at radius 2 is 1.72 bits per heavy atom. The summed E-state index contributed by atoms with van der Waals surface area (Å²) < 4.78 is 43.3. The highest BCUT2D eigenvalue weighted by molar-refractivity contribution is 7.89. The van der Waals surface area contributed by atoms with Gasteiger partial charge in [-0.3, -0.25) is 9.59 Å². The summed E-state index contributed by atoms with van der Waals surface area (Å²) in [5.74, 6) is -0.123. The van der Waals surface area contributed by atoms with E-state index in [1.807, 2.05) is 6.92 Å². The second-order valence-corrected chi connectivity index (χ2v) is 9.27. The largest absolute Gasteiger partial charge is 0.454 e. The number of anilines is 1. The topological polar surface area (TPSA) is 120 Å². The first kappa shape index (κ1) is 23.6. The number of carbonyl (C=O) groups excluding carboxylic acids is 2. The van der Waals surface area contributed by atoms with Gasteiger partial charge in [-0.05, 0) is 51.0 Å². The molecule has 0 fully saturated rings. The van der Waals surface area contributed by atoms with Crippen LogP contribution in [0.3, 0.4) is 0 Å². The van der Waals surface area contributed by atoms with Crippen molar-refractivity contribution in [3.63, 3.8) is 0 Å². The predicted molar refractivity (Wildman–Crippen MR) is 117 cm³/mol. The van der Waals surface area contributed by atoms with Crippen LogP contribution >= 0.6 is 0 Å². The van der Waals surface area contributed by atoms with Crippen LogP contribution in [0.2, 0.25) is 0 Å². The van der Waals surface area contributed by atoms with Crippen LogP contribution in [0.1, 0.15) is 30.0 Å². The maximum Gasteiger partial charge on any atom is 0.307 e. The van der Waals surface area contributed by atoms with Gasteiger partial charge in [0, 0.05) is 18.3 Å². The Balaban J connectivity index is 1.49. The van der Waals surface area contributed by atoms with E-state index in [0.29, 0.717) is 28.3 Å². The summed E-state index contributed by atoms with van der Waals surface area (Å²) >= 11 is 0. The number of aryl methyl sites for hydroxylation is 3. The quantitative estimate of drug-likeness (QED) is 0.579. The smallest absolute Gasteiger partial charge is 0.307 e. The second-order valence-electron chi connectivity index (χ2n) is 7.56. The van der Waals surface area contributed by atoms with Crippen LogP contribution in [0, 0.1) is 20.8 Å². The molecule has 9 nitrogen and oxygen atoms in total. The molecule has 0 saturated carbocycles. The van der Waals surface area contributed by atoms with Gasteiger partial charge >= 0.3 is 5.97 Å².